The number of hydrogen-bond acceptors (Lipinski definition) is 2. The lowest BCUT2D eigenvalue weighted by molar-refractivity contribution is 0.271. The van der Waals surface area contributed by atoms with Crippen molar-refractivity contribution in [1.29, 1.82) is 0 Å². The summed E-state index contributed by atoms with van der Waals surface area (Å²) < 4.78 is 0. The van der Waals surface area contributed by atoms with Crippen molar-refractivity contribution in [3.05, 3.63) is 0 Å². The van der Waals surface area contributed by atoms with Crippen LogP contribution in [0.5, 0.6) is 0 Å². The molecule has 1 aliphatic rings. The van der Waals surface area contributed by atoms with E-state index >= 15 is 0 Å². The van der Waals surface area contributed by atoms with Gasteiger partial charge >= 0.3 is 0 Å². The van der Waals surface area contributed by atoms with Crippen LogP contribution in [0.2, 0.25) is 0 Å². The van der Waals surface area contributed by atoms with E-state index in [0.717, 1.165) is 6.54 Å². The third-order valence-electron chi connectivity index (χ3n) is 1.83. The van der Waals surface area contributed by atoms with Gasteiger partial charge in [0.15, 0.2) is 0 Å². The molecule has 1 saturated heterocycles. The predicted octanol–water partition coefficient (Wildman–Crippen LogP) is 1.66. The third-order valence-corrected chi connectivity index (χ3v) is 1.83. The highest BCUT2D eigenvalue weighted by molar-refractivity contribution is 5.85. The molecular weight excluding hydrogens is 195 g/mol. The van der Waals surface area contributed by atoms with Gasteiger partial charge in [-0.05, 0) is 39.8 Å². The first-order valence-electron chi connectivity index (χ1n) is 4.09. The Kier molecular flexibility index (Phi) is 7.54. The first kappa shape index (κ1) is 15.0. The minimum absolute atomic E-state index is 0. The van der Waals surface area contributed by atoms with Crippen LogP contribution in [0.3, 0.4) is 0 Å². The van der Waals surface area contributed by atoms with E-state index in [1.165, 1.54) is 25.9 Å². The van der Waals surface area contributed by atoms with Crippen molar-refractivity contribution in [3.8, 4) is 0 Å². The minimum Gasteiger partial charge on any atom is -0.324 e. The van der Waals surface area contributed by atoms with Crippen molar-refractivity contribution < 1.29 is 0 Å². The normalized spacial score (nSPS) is 18.2. The maximum absolute atomic E-state index is 5.87. The highest BCUT2D eigenvalue weighted by Gasteiger charge is 2.18. The van der Waals surface area contributed by atoms with Gasteiger partial charge in [-0.15, -0.1) is 24.8 Å². The summed E-state index contributed by atoms with van der Waals surface area (Å²) in [7, 11) is 0. The maximum atomic E-state index is 5.87. The molecule has 12 heavy (non-hydrogen) atoms. The molecule has 1 heterocycles. The number of rotatable bonds is 2. The van der Waals surface area contributed by atoms with Crippen molar-refractivity contribution in [2.45, 2.75) is 32.2 Å². The Morgan fingerprint density at radius 3 is 1.92 bits per heavy atom. The number of nitrogens with two attached hydrogens (primary N) is 1. The Balaban J connectivity index is 0. The molecule has 0 spiro atoms. The zero-order valence-electron chi connectivity index (χ0n) is 7.88. The van der Waals surface area contributed by atoms with Gasteiger partial charge in [0.1, 0.15) is 0 Å². The summed E-state index contributed by atoms with van der Waals surface area (Å²) in [6, 6.07) is 0. The molecule has 2 nitrogen and oxygen atoms in total. The molecular formula is C8H20Cl2N2. The largest absolute Gasteiger partial charge is 0.324 e. The van der Waals surface area contributed by atoms with Gasteiger partial charge in [0.25, 0.3) is 0 Å². The molecule has 1 fully saturated rings. The smallest absolute Gasteiger partial charge is 0.0226 e. The van der Waals surface area contributed by atoms with E-state index in [2.05, 4.69) is 18.7 Å². The van der Waals surface area contributed by atoms with Gasteiger partial charge in [0.2, 0.25) is 0 Å². The molecule has 0 unspecified atom stereocenters. The summed E-state index contributed by atoms with van der Waals surface area (Å²) in [5, 5.41) is 0. The summed E-state index contributed by atoms with van der Waals surface area (Å²) in [5.41, 5.74) is 5.86. The maximum Gasteiger partial charge on any atom is 0.0226 e. The standard InChI is InChI=1S/C8H18N2.2ClH/c1-8(2,9)7-10-5-3-4-6-10;;/h3-7,9H2,1-2H3;2*1H. The topological polar surface area (TPSA) is 29.3 Å². The van der Waals surface area contributed by atoms with Gasteiger partial charge in [-0.25, -0.2) is 0 Å². The summed E-state index contributed by atoms with van der Waals surface area (Å²) >= 11 is 0. The van der Waals surface area contributed by atoms with Crippen LogP contribution in [-0.4, -0.2) is 30.1 Å². The first-order chi connectivity index (χ1) is 4.58. The highest BCUT2D eigenvalue weighted by Crippen LogP contribution is 2.10. The van der Waals surface area contributed by atoms with Crippen LogP contribution in [0.4, 0.5) is 0 Å². The molecule has 2 N–H and O–H groups in total. The van der Waals surface area contributed by atoms with E-state index in [1.54, 1.807) is 0 Å². The van der Waals surface area contributed by atoms with E-state index in [1.807, 2.05) is 0 Å². The Bertz CT molecular complexity index is 106. The Morgan fingerprint density at radius 1 is 1.17 bits per heavy atom. The van der Waals surface area contributed by atoms with E-state index in [4.69, 9.17) is 5.73 Å². The SMILES string of the molecule is CC(C)(N)CN1CCCC1.Cl.Cl. The summed E-state index contributed by atoms with van der Waals surface area (Å²) in [6.45, 7) is 7.73. The van der Waals surface area contributed by atoms with Gasteiger partial charge < -0.3 is 10.6 Å². The average Bonchev–Trinajstić information content (AvgIpc) is 2.12. The number of nitrogens with zero attached hydrogens (tertiary/aromatic N) is 1. The second kappa shape index (κ2) is 6.03. The first-order valence-corrected chi connectivity index (χ1v) is 4.09. The summed E-state index contributed by atoms with van der Waals surface area (Å²) in [5.74, 6) is 0. The highest BCUT2D eigenvalue weighted by atomic mass is 35.5. The fourth-order valence-corrected chi connectivity index (χ4v) is 1.52. The fourth-order valence-electron chi connectivity index (χ4n) is 1.52. The van der Waals surface area contributed by atoms with Crippen LogP contribution in [0.15, 0.2) is 0 Å². The Hall–Kier alpha value is 0.500. The van der Waals surface area contributed by atoms with Gasteiger partial charge in [0, 0.05) is 12.1 Å². The zero-order valence-corrected chi connectivity index (χ0v) is 9.51. The molecule has 0 amide bonds. The molecule has 1 rings (SSSR count). The van der Waals surface area contributed by atoms with Crippen LogP contribution in [0, 0.1) is 0 Å². The predicted molar refractivity (Wildman–Crippen MR) is 58.4 cm³/mol. The molecule has 0 saturated carbocycles. The molecule has 0 bridgehead atoms. The second-order valence-electron chi connectivity index (χ2n) is 3.97. The average molecular weight is 215 g/mol. The third kappa shape index (κ3) is 6.06. The fraction of sp³-hybridized carbons (Fsp3) is 1.00. The molecule has 0 atom stereocenters. The van der Waals surface area contributed by atoms with Crippen LogP contribution in [0.25, 0.3) is 0 Å². The quantitative estimate of drug-likeness (QED) is 0.759. The molecule has 0 aliphatic carbocycles. The number of likely N-dealkylation sites (tertiary alicyclic amines) is 1. The van der Waals surface area contributed by atoms with E-state index in [-0.39, 0.29) is 30.4 Å². The van der Waals surface area contributed by atoms with E-state index in [0.29, 0.717) is 0 Å². The minimum atomic E-state index is -0.00958. The Morgan fingerprint density at radius 2 is 1.58 bits per heavy atom. The van der Waals surface area contributed by atoms with Crippen LogP contribution >= 0.6 is 24.8 Å². The Labute approximate surface area is 87.7 Å². The van der Waals surface area contributed by atoms with Crippen LogP contribution in [0.1, 0.15) is 26.7 Å². The van der Waals surface area contributed by atoms with Crippen molar-refractivity contribution in [2.24, 2.45) is 5.73 Å². The second-order valence-corrected chi connectivity index (χ2v) is 3.97. The van der Waals surface area contributed by atoms with Crippen molar-refractivity contribution in [1.82, 2.24) is 4.90 Å². The van der Waals surface area contributed by atoms with Crippen molar-refractivity contribution in [3.63, 3.8) is 0 Å². The molecule has 76 valence electrons. The van der Waals surface area contributed by atoms with Gasteiger partial charge in [-0.3, -0.25) is 0 Å². The summed E-state index contributed by atoms with van der Waals surface area (Å²) in [4.78, 5) is 2.44. The van der Waals surface area contributed by atoms with E-state index in [9.17, 15) is 0 Å². The number of halogens is 2. The molecule has 4 heteroatoms. The van der Waals surface area contributed by atoms with Crippen molar-refractivity contribution >= 4 is 24.8 Å². The molecule has 0 aromatic rings. The van der Waals surface area contributed by atoms with E-state index < -0.39 is 0 Å². The lowest BCUT2D eigenvalue weighted by Crippen LogP contribution is -2.44. The lowest BCUT2D eigenvalue weighted by Gasteiger charge is -2.25. The molecule has 0 aromatic carbocycles. The summed E-state index contributed by atoms with van der Waals surface area (Å²) in [6.07, 6.45) is 2.71. The van der Waals surface area contributed by atoms with Crippen molar-refractivity contribution in [2.75, 3.05) is 19.6 Å². The zero-order chi connectivity index (χ0) is 7.61. The van der Waals surface area contributed by atoms with Gasteiger partial charge in [0.05, 0.1) is 0 Å². The molecule has 0 aromatic heterocycles. The lowest BCUT2D eigenvalue weighted by atomic mass is 10.1. The van der Waals surface area contributed by atoms with Crippen LogP contribution < -0.4 is 5.73 Å². The van der Waals surface area contributed by atoms with Crippen LogP contribution in [-0.2, 0) is 0 Å². The number of hydrogen-bond donors (Lipinski definition) is 1. The van der Waals surface area contributed by atoms with Gasteiger partial charge in [-0.2, -0.15) is 0 Å². The molecule has 1 aliphatic heterocycles. The monoisotopic (exact) mass is 214 g/mol. The van der Waals surface area contributed by atoms with Gasteiger partial charge in [-0.1, -0.05) is 0 Å². The molecule has 0 radical (unpaired) electrons.